The van der Waals surface area contributed by atoms with Crippen LogP contribution in [0.2, 0.25) is 0 Å². The SMILES string of the molecule is Cc1ccc2cc(-c3c4ccccc4c(-c4cccc(C5=CCC(c6ccncc6)C=N5)c4)c4ccccc34)ccc2c1. The van der Waals surface area contributed by atoms with E-state index in [0.717, 1.165) is 17.7 Å². The van der Waals surface area contributed by atoms with Gasteiger partial charge in [-0.15, -0.1) is 0 Å². The zero-order valence-corrected chi connectivity index (χ0v) is 24.0. The number of rotatable bonds is 4. The van der Waals surface area contributed by atoms with Crippen LogP contribution >= 0.6 is 0 Å². The Kier molecular flexibility index (Phi) is 6.19. The Balaban J connectivity index is 1.28. The largest absolute Gasteiger partial charge is 0.265 e. The highest BCUT2D eigenvalue weighted by molar-refractivity contribution is 6.21. The Morgan fingerprint density at radius 3 is 1.81 bits per heavy atom. The topological polar surface area (TPSA) is 25.2 Å². The van der Waals surface area contributed by atoms with E-state index in [9.17, 15) is 0 Å². The van der Waals surface area contributed by atoms with E-state index in [1.165, 1.54) is 65.7 Å². The zero-order valence-electron chi connectivity index (χ0n) is 24.0. The molecule has 0 bridgehead atoms. The summed E-state index contributed by atoms with van der Waals surface area (Å²) in [6, 6.07) is 44.4. The Hall–Kier alpha value is -5.34. The maximum atomic E-state index is 4.92. The molecule has 1 atom stereocenters. The molecule has 1 aliphatic heterocycles. The van der Waals surface area contributed by atoms with Gasteiger partial charge < -0.3 is 0 Å². The Morgan fingerprint density at radius 1 is 0.558 bits per heavy atom. The molecule has 0 N–H and O–H groups in total. The van der Waals surface area contributed by atoms with Gasteiger partial charge >= 0.3 is 0 Å². The van der Waals surface area contributed by atoms with Crippen LogP contribution in [0, 0.1) is 6.92 Å². The van der Waals surface area contributed by atoms with Crippen molar-refractivity contribution in [2.45, 2.75) is 19.3 Å². The molecular weight excluding hydrogens is 520 g/mol. The second-order valence-electron chi connectivity index (χ2n) is 11.5. The monoisotopic (exact) mass is 550 g/mol. The number of fused-ring (bicyclic) bond motifs is 3. The van der Waals surface area contributed by atoms with Crippen LogP contribution in [0.5, 0.6) is 0 Å². The highest BCUT2D eigenvalue weighted by atomic mass is 14.7. The lowest BCUT2D eigenvalue weighted by Crippen LogP contribution is -2.03. The van der Waals surface area contributed by atoms with Crippen molar-refractivity contribution in [3.05, 3.63) is 156 Å². The third-order valence-electron chi connectivity index (χ3n) is 8.76. The van der Waals surface area contributed by atoms with Crippen molar-refractivity contribution in [2.75, 3.05) is 0 Å². The van der Waals surface area contributed by atoms with Crippen LogP contribution < -0.4 is 0 Å². The first-order valence-corrected chi connectivity index (χ1v) is 14.9. The second kappa shape index (κ2) is 10.5. The first kappa shape index (κ1) is 25.4. The van der Waals surface area contributed by atoms with Gasteiger partial charge in [0.2, 0.25) is 0 Å². The Morgan fingerprint density at radius 2 is 1.16 bits per heavy atom. The number of aromatic nitrogens is 1. The van der Waals surface area contributed by atoms with Gasteiger partial charge in [-0.2, -0.15) is 0 Å². The molecule has 0 aliphatic carbocycles. The van der Waals surface area contributed by atoms with E-state index in [1.807, 2.05) is 12.4 Å². The number of benzene rings is 6. The number of hydrogen-bond acceptors (Lipinski definition) is 2. The van der Waals surface area contributed by atoms with Gasteiger partial charge in [-0.1, -0.05) is 109 Å². The molecule has 0 spiro atoms. The third-order valence-corrected chi connectivity index (χ3v) is 8.76. The predicted molar refractivity (Wildman–Crippen MR) is 183 cm³/mol. The van der Waals surface area contributed by atoms with Gasteiger partial charge in [0.25, 0.3) is 0 Å². The van der Waals surface area contributed by atoms with Crippen LogP contribution in [0.15, 0.2) is 145 Å². The minimum absolute atomic E-state index is 0.287. The molecule has 6 aromatic carbocycles. The standard InChI is InChI=1S/C41H30N2/c1-27-13-14-30-24-33(16-15-29(30)23-27)41-37-11-4-2-9-35(37)40(36-10-3-5-12-38(36)41)32-8-6-7-31(25-32)39-18-17-34(26-43-39)28-19-21-42-22-20-28/h2-16,18-26,34H,17H2,1H3. The van der Waals surface area contributed by atoms with Crippen LogP contribution in [-0.2, 0) is 0 Å². The first-order chi connectivity index (χ1) is 21.2. The van der Waals surface area contributed by atoms with E-state index >= 15 is 0 Å². The summed E-state index contributed by atoms with van der Waals surface area (Å²) < 4.78 is 0. The molecule has 0 radical (unpaired) electrons. The molecule has 1 aliphatic rings. The Bertz CT molecular complexity index is 2170. The van der Waals surface area contributed by atoms with Crippen LogP contribution in [0.4, 0.5) is 0 Å². The normalized spacial score (nSPS) is 14.8. The molecule has 2 heterocycles. The van der Waals surface area contributed by atoms with Gasteiger partial charge in [-0.05, 0) is 97.7 Å². The minimum Gasteiger partial charge on any atom is -0.265 e. The fourth-order valence-corrected chi connectivity index (χ4v) is 6.65. The maximum absolute atomic E-state index is 4.92. The molecule has 1 unspecified atom stereocenters. The minimum atomic E-state index is 0.287. The molecule has 0 saturated carbocycles. The van der Waals surface area contributed by atoms with Crippen LogP contribution in [0.3, 0.4) is 0 Å². The van der Waals surface area contributed by atoms with Gasteiger partial charge in [-0.25, -0.2) is 0 Å². The maximum Gasteiger partial charge on any atom is 0.0659 e. The van der Waals surface area contributed by atoms with Gasteiger partial charge in [0, 0.05) is 30.1 Å². The van der Waals surface area contributed by atoms with E-state index in [0.29, 0.717) is 0 Å². The van der Waals surface area contributed by atoms with Crippen molar-refractivity contribution in [3.8, 4) is 22.3 Å². The molecule has 43 heavy (non-hydrogen) atoms. The lowest BCUT2D eigenvalue weighted by molar-refractivity contribution is 0.909. The molecule has 0 fully saturated rings. The number of nitrogens with zero attached hydrogens (tertiary/aromatic N) is 2. The number of allylic oxidation sites excluding steroid dienone is 1. The van der Waals surface area contributed by atoms with Crippen LogP contribution in [0.25, 0.3) is 60.3 Å². The number of aryl methyl sites for hydroxylation is 1. The quantitative estimate of drug-likeness (QED) is 0.200. The smallest absolute Gasteiger partial charge is 0.0659 e. The summed E-state index contributed by atoms with van der Waals surface area (Å²) in [5.74, 6) is 0.287. The molecule has 2 heteroatoms. The summed E-state index contributed by atoms with van der Waals surface area (Å²) in [5.41, 5.74) is 9.71. The summed E-state index contributed by atoms with van der Waals surface area (Å²) in [4.78, 5) is 9.08. The van der Waals surface area contributed by atoms with Crippen molar-refractivity contribution in [3.63, 3.8) is 0 Å². The Labute approximate surface area is 251 Å². The number of hydrogen-bond donors (Lipinski definition) is 0. The van der Waals surface area contributed by atoms with Gasteiger partial charge in [-0.3, -0.25) is 9.98 Å². The van der Waals surface area contributed by atoms with Crippen molar-refractivity contribution >= 4 is 44.2 Å². The lowest BCUT2D eigenvalue weighted by atomic mass is 9.85. The van der Waals surface area contributed by atoms with E-state index in [-0.39, 0.29) is 5.92 Å². The molecule has 0 saturated heterocycles. The van der Waals surface area contributed by atoms with Crippen LogP contribution in [-0.4, -0.2) is 11.2 Å². The summed E-state index contributed by atoms with van der Waals surface area (Å²) in [5, 5.41) is 7.59. The lowest BCUT2D eigenvalue weighted by Gasteiger charge is -2.19. The van der Waals surface area contributed by atoms with E-state index in [1.54, 1.807) is 0 Å². The van der Waals surface area contributed by atoms with Crippen molar-refractivity contribution in [1.82, 2.24) is 4.98 Å². The van der Waals surface area contributed by atoms with Gasteiger partial charge in [0.05, 0.1) is 5.70 Å². The number of aliphatic imine (C=N–C) groups is 1. The molecule has 1 aromatic heterocycles. The van der Waals surface area contributed by atoms with Gasteiger partial charge in [0.15, 0.2) is 0 Å². The van der Waals surface area contributed by atoms with Crippen LogP contribution in [0.1, 0.15) is 29.0 Å². The number of pyridine rings is 1. The molecule has 2 nitrogen and oxygen atoms in total. The third kappa shape index (κ3) is 4.52. The van der Waals surface area contributed by atoms with E-state index < -0.39 is 0 Å². The average molecular weight is 551 g/mol. The molecule has 0 amide bonds. The fourth-order valence-electron chi connectivity index (χ4n) is 6.65. The summed E-state index contributed by atoms with van der Waals surface area (Å²) in [7, 11) is 0. The van der Waals surface area contributed by atoms with Crippen molar-refractivity contribution in [2.24, 2.45) is 4.99 Å². The molecular formula is C41H30N2. The molecule has 7 aromatic rings. The fraction of sp³-hybridized carbons (Fsp3) is 0.0732. The highest BCUT2D eigenvalue weighted by Crippen LogP contribution is 2.44. The van der Waals surface area contributed by atoms with Crippen molar-refractivity contribution < 1.29 is 0 Å². The van der Waals surface area contributed by atoms with Crippen molar-refractivity contribution in [1.29, 1.82) is 0 Å². The predicted octanol–water partition coefficient (Wildman–Crippen LogP) is 10.8. The first-order valence-electron chi connectivity index (χ1n) is 14.9. The second-order valence-corrected chi connectivity index (χ2v) is 11.5. The van der Waals surface area contributed by atoms with Gasteiger partial charge in [0.1, 0.15) is 0 Å². The summed E-state index contributed by atoms with van der Waals surface area (Å²) in [6.45, 7) is 2.15. The van der Waals surface area contributed by atoms with E-state index in [2.05, 4.69) is 146 Å². The summed E-state index contributed by atoms with van der Waals surface area (Å²) in [6.07, 6.45) is 8.99. The molecule has 8 rings (SSSR count). The van der Waals surface area contributed by atoms with E-state index in [4.69, 9.17) is 4.99 Å². The highest BCUT2D eigenvalue weighted by Gasteiger charge is 2.18. The zero-order chi connectivity index (χ0) is 28.8. The average Bonchev–Trinajstić information content (AvgIpc) is 3.07. The summed E-state index contributed by atoms with van der Waals surface area (Å²) >= 11 is 0. The molecule has 204 valence electrons.